The summed E-state index contributed by atoms with van der Waals surface area (Å²) in [6.45, 7) is 6.07. The molecule has 1 aromatic heterocycles. The van der Waals surface area contributed by atoms with Gasteiger partial charge in [-0.25, -0.2) is 0 Å². The van der Waals surface area contributed by atoms with Crippen molar-refractivity contribution in [2.45, 2.75) is 117 Å². The van der Waals surface area contributed by atoms with Gasteiger partial charge in [0.05, 0.1) is 13.2 Å². The zero-order valence-corrected chi connectivity index (χ0v) is 28.9. The Bertz CT molecular complexity index is 1440. The Morgan fingerprint density at radius 1 is 0.489 bits per heavy atom. The maximum absolute atomic E-state index is 5.96. The molecule has 0 aliphatic rings. The van der Waals surface area contributed by atoms with E-state index in [9.17, 15) is 0 Å². The number of benzene rings is 3. The first-order valence-electron chi connectivity index (χ1n) is 18.3. The Labute approximate surface area is 284 Å². The molecule has 250 valence electrons. The molecule has 0 fully saturated rings. The molecule has 4 nitrogen and oxygen atoms in total. The second kappa shape index (κ2) is 21.8. The second-order valence-electron chi connectivity index (χ2n) is 12.6. The molecule has 0 aliphatic heterocycles. The summed E-state index contributed by atoms with van der Waals surface area (Å²) in [4.78, 5) is 0. The Balaban J connectivity index is 1.16. The zero-order chi connectivity index (χ0) is 32.8. The fourth-order valence-electron chi connectivity index (χ4n) is 5.62. The van der Waals surface area contributed by atoms with E-state index in [1.165, 1.54) is 89.9 Å². The lowest BCUT2D eigenvalue weighted by atomic mass is 10.1. The highest BCUT2D eigenvalue weighted by atomic mass is 16.5. The Kier molecular flexibility index (Phi) is 16.6. The van der Waals surface area contributed by atoms with E-state index >= 15 is 0 Å². The molecule has 0 atom stereocenters. The van der Waals surface area contributed by atoms with E-state index < -0.39 is 0 Å². The highest BCUT2D eigenvalue weighted by molar-refractivity contribution is 5.67. The lowest BCUT2D eigenvalue weighted by Gasteiger charge is -2.06. The standard InChI is InChI=1S/C43H55NO3/c1-3-5-7-9-11-13-15-17-33-45-40-29-23-37(24-30-40)20-19-36-21-25-39(26-22-36)43-35-42(44-47-43)38-27-31-41(32-28-38)46-34-18-16-14-12-10-8-6-4-2/h21-32,35H,3-18,33-34H2,1-2H3. The quantitative estimate of drug-likeness (QED) is 0.0638. The van der Waals surface area contributed by atoms with Gasteiger partial charge in [-0.15, -0.1) is 0 Å². The van der Waals surface area contributed by atoms with Crippen LogP contribution >= 0.6 is 0 Å². The summed E-state index contributed by atoms with van der Waals surface area (Å²) in [5, 5.41) is 4.31. The maximum atomic E-state index is 5.96. The monoisotopic (exact) mass is 633 g/mol. The van der Waals surface area contributed by atoms with Gasteiger partial charge in [0.1, 0.15) is 17.2 Å². The molecule has 0 spiro atoms. The van der Waals surface area contributed by atoms with Crippen molar-refractivity contribution < 1.29 is 14.0 Å². The number of nitrogens with zero attached hydrogens (tertiary/aromatic N) is 1. The molecule has 4 aromatic rings. The normalized spacial score (nSPS) is 10.9. The third-order valence-electron chi connectivity index (χ3n) is 8.57. The average molecular weight is 634 g/mol. The van der Waals surface area contributed by atoms with E-state index in [1.54, 1.807) is 0 Å². The predicted octanol–water partition coefficient (Wildman–Crippen LogP) is 12.4. The smallest absolute Gasteiger partial charge is 0.167 e. The van der Waals surface area contributed by atoms with Crippen LogP contribution in [0.2, 0.25) is 0 Å². The van der Waals surface area contributed by atoms with Crippen LogP contribution < -0.4 is 9.47 Å². The molecule has 0 amide bonds. The zero-order valence-electron chi connectivity index (χ0n) is 28.9. The molecule has 0 unspecified atom stereocenters. The molecule has 0 bridgehead atoms. The van der Waals surface area contributed by atoms with Crippen molar-refractivity contribution in [2.75, 3.05) is 13.2 Å². The first-order valence-corrected chi connectivity index (χ1v) is 18.3. The van der Waals surface area contributed by atoms with E-state index in [1.807, 2.05) is 78.9 Å². The largest absolute Gasteiger partial charge is 0.494 e. The molecular weight excluding hydrogens is 578 g/mol. The fraction of sp³-hybridized carbons (Fsp3) is 0.465. The Morgan fingerprint density at radius 3 is 1.38 bits per heavy atom. The number of ether oxygens (including phenoxy) is 2. The van der Waals surface area contributed by atoms with Crippen LogP contribution in [0.5, 0.6) is 11.5 Å². The minimum atomic E-state index is 0.733. The second-order valence-corrected chi connectivity index (χ2v) is 12.6. The van der Waals surface area contributed by atoms with E-state index in [0.29, 0.717) is 0 Å². The number of rotatable bonds is 22. The number of hydrogen-bond acceptors (Lipinski definition) is 4. The molecule has 47 heavy (non-hydrogen) atoms. The van der Waals surface area contributed by atoms with Gasteiger partial charge in [-0.2, -0.15) is 0 Å². The molecule has 0 saturated heterocycles. The lowest BCUT2D eigenvalue weighted by molar-refractivity contribution is 0.304. The Hall–Kier alpha value is -3.97. The summed E-state index contributed by atoms with van der Waals surface area (Å²) in [6, 6.07) is 26.3. The summed E-state index contributed by atoms with van der Waals surface area (Å²) in [7, 11) is 0. The number of unbranched alkanes of at least 4 members (excludes halogenated alkanes) is 14. The van der Waals surface area contributed by atoms with E-state index in [2.05, 4.69) is 30.8 Å². The van der Waals surface area contributed by atoms with E-state index in [4.69, 9.17) is 14.0 Å². The summed E-state index contributed by atoms with van der Waals surface area (Å²) >= 11 is 0. The van der Waals surface area contributed by atoms with Gasteiger partial charge in [-0.3, -0.25) is 0 Å². The SMILES string of the molecule is CCCCCCCCCCOc1ccc(C#Cc2ccc(-c3cc(-c4ccc(OCCCCCCCCCC)cc4)no3)cc2)cc1. The third kappa shape index (κ3) is 13.7. The van der Waals surface area contributed by atoms with Crippen molar-refractivity contribution in [1.82, 2.24) is 5.16 Å². The lowest BCUT2D eigenvalue weighted by Crippen LogP contribution is -1.97. The van der Waals surface area contributed by atoms with Gasteiger partial charge in [-0.1, -0.05) is 121 Å². The van der Waals surface area contributed by atoms with Crippen molar-refractivity contribution in [3.05, 3.63) is 90.0 Å². The van der Waals surface area contributed by atoms with Crippen molar-refractivity contribution in [1.29, 1.82) is 0 Å². The third-order valence-corrected chi connectivity index (χ3v) is 8.57. The topological polar surface area (TPSA) is 44.5 Å². The van der Waals surface area contributed by atoms with Crippen LogP contribution in [0.15, 0.2) is 83.4 Å². The van der Waals surface area contributed by atoms with Gasteiger partial charge >= 0.3 is 0 Å². The van der Waals surface area contributed by atoms with Gasteiger partial charge in [0.25, 0.3) is 0 Å². The van der Waals surface area contributed by atoms with Crippen LogP contribution in [0.4, 0.5) is 0 Å². The van der Waals surface area contributed by atoms with Crippen LogP contribution in [0.3, 0.4) is 0 Å². The van der Waals surface area contributed by atoms with Crippen LogP contribution in [-0.2, 0) is 0 Å². The van der Waals surface area contributed by atoms with E-state index in [0.717, 1.165) is 71.3 Å². The first kappa shape index (κ1) is 35.9. The molecule has 0 radical (unpaired) electrons. The molecule has 0 aliphatic carbocycles. The van der Waals surface area contributed by atoms with Gasteiger partial charge in [0.15, 0.2) is 5.76 Å². The molecule has 1 heterocycles. The van der Waals surface area contributed by atoms with Gasteiger partial charge in [0.2, 0.25) is 0 Å². The van der Waals surface area contributed by atoms with Crippen molar-refractivity contribution in [3.63, 3.8) is 0 Å². The van der Waals surface area contributed by atoms with E-state index in [-0.39, 0.29) is 0 Å². The first-order chi connectivity index (χ1) is 23.2. The van der Waals surface area contributed by atoms with Crippen molar-refractivity contribution in [2.24, 2.45) is 0 Å². The van der Waals surface area contributed by atoms with Crippen LogP contribution in [-0.4, -0.2) is 18.4 Å². The average Bonchev–Trinajstić information content (AvgIpc) is 3.61. The van der Waals surface area contributed by atoms with Crippen molar-refractivity contribution in [3.8, 4) is 45.9 Å². The number of hydrogen-bond donors (Lipinski definition) is 0. The Morgan fingerprint density at radius 2 is 0.894 bits per heavy atom. The van der Waals surface area contributed by atoms with Gasteiger partial charge in [-0.05, 0) is 85.6 Å². The van der Waals surface area contributed by atoms with Gasteiger partial charge < -0.3 is 14.0 Å². The molecular formula is C43H55NO3. The summed E-state index contributed by atoms with van der Waals surface area (Å²) in [5.41, 5.74) is 4.71. The minimum Gasteiger partial charge on any atom is -0.494 e. The highest BCUT2D eigenvalue weighted by Gasteiger charge is 2.09. The summed E-state index contributed by atoms with van der Waals surface area (Å²) < 4.78 is 17.6. The van der Waals surface area contributed by atoms with Gasteiger partial charge in [0, 0.05) is 28.3 Å². The molecule has 0 N–H and O–H groups in total. The summed E-state index contributed by atoms with van der Waals surface area (Å²) in [5.74, 6) is 9.07. The molecule has 3 aromatic carbocycles. The van der Waals surface area contributed by atoms with Crippen LogP contribution in [0.25, 0.3) is 22.6 Å². The fourth-order valence-corrected chi connectivity index (χ4v) is 5.62. The number of aromatic nitrogens is 1. The molecule has 0 saturated carbocycles. The molecule has 4 heteroatoms. The minimum absolute atomic E-state index is 0.733. The van der Waals surface area contributed by atoms with Crippen LogP contribution in [0.1, 0.15) is 128 Å². The highest BCUT2D eigenvalue weighted by Crippen LogP contribution is 2.27. The van der Waals surface area contributed by atoms with Crippen LogP contribution in [0, 0.1) is 11.8 Å². The predicted molar refractivity (Wildman–Crippen MR) is 196 cm³/mol. The molecule has 4 rings (SSSR count). The summed E-state index contributed by atoms with van der Waals surface area (Å²) in [6.07, 6.45) is 20.9. The maximum Gasteiger partial charge on any atom is 0.167 e. The van der Waals surface area contributed by atoms with Crippen molar-refractivity contribution >= 4 is 0 Å².